The number of hydrogen-bond donors (Lipinski definition) is 3. The molecule has 1 amide bonds. The van der Waals surface area contributed by atoms with Crippen molar-refractivity contribution in [3.63, 3.8) is 0 Å². The fourth-order valence-corrected chi connectivity index (χ4v) is 3.42. The van der Waals surface area contributed by atoms with E-state index < -0.39 is 6.10 Å². The zero-order chi connectivity index (χ0) is 22.9. The number of aliphatic hydroxyl groups is 1. The summed E-state index contributed by atoms with van der Waals surface area (Å²) < 4.78 is 11.1. The molecule has 0 aliphatic heterocycles. The summed E-state index contributed by atoms with van der Waals surface area (Å²) in [7, 11) is 1.52. The molecule has 0 radical (unpaired) electrons. The van der Waals surface area contributed by atoms with Crippen molar-refractivity contribution in [1.82, 2.24) is 5.32 Å². The first-order valence-corrected chi connectivity index (χ1v) is 10.6. The Bertz CT molecular complexity index is 1030. The van der Waals surface area contributed by atoms with Gasteiger partial charge in [0, 0.05) is 18.8 Å². The number of benzene rings is 3. The lowest BCUT2D eigenvalue weighted by atomic mass is 10.1. The second-order valence-electron chi connectivity index (χ2n) is 7.37. The summed E-state index contributed by atoms with van der Waals surface area (Å²) in [5, 5.41) is 16.6. The maximum absolute atomic E-state index is 12.2. The molecule has 6 nitrogen and oxygen atoms in total. The van der Waals surface area contributed by atoms with Crippen LogP contribution in [0.2, 0.25) is 5.02 Å². The molecule has 3 rings (SSSR count). The minimum atomic E-state index is -0.608. The number of halogens is 1. The number of amides is 1. The van der Waals surface area contributed by atoms with E-state index in [1.807, 2.05) is 61.5 Å². The molecule has 168 valence electrons. The summed E-state index contributed by atoms with van der Waals surface area (Å²) in [6, 6.07) is 20.5. The highest BCUT2D eigenvalue weighted by Gasteiger charge is 2.15. The van der Waals surface area contributed by atoms with Crippen molar-refractivity contribution < 1.29 is 19.4 Å². The van der Waals surface area contributed by atoms with Crippen LogP contribution >= 0.6 is 11.6 Å². The van der Waals surface area contributed by atoms with Crippen molar-refractivity contribution in [3.05, 3.63) is 88.4 Å². The van der Waals surface area contributed by atoms with Crippen LogP contribution in [0.1, 0.15) is 22.8 Å². The second kappa shape index (κ2) is 11.5. The summed E-state index contributed by atoms with van der Waals surface area (Å²) >= 11 is 6.40. The molecule has 3 aromatic carbocycles. The number of carbonyl (C=O) groups is 1. The van der Waals surface area contributed by atoms with Crippen LogP contribution in [0.4, 0.5) is 5.69 Å². The van der Waals surface area contributed by atoms with Crippen molar-refractivity contribution in [2.45, 2.75) is 19.6 Å². The van der Waals surface area contributed by atoms with Crippen molar-refractivity contribution in [2.75, 3.05) is 25.6 Å². The Labute approximate surface area is 193 Å². The third-order valence-electron chi connectivity index (χ3n) is 4.82. The number of aliphatic hydroxyl groups excluding tert-OH is 1. The number of carbonyl (C=O) groups excluding carboxylic acids is 1. The van der Waals surface area contributed by atoms with Crippen molar-refractivity contribution >= 4 is 23.2 Å². The van der Waals surface area contributed by atoms with Crippen molar-refractivity contribution in [2.24, 2.45) is 0 Å². The topological polar surface area (TPSA) is 79.8 Å². The fraction of sp³-hybridized carbons (Fsp3) is 0.240. The molecular formula is C25H27ClN2O4. The highest BCUT2D eigenvalue weighted by Crippen LogP contribution is 2.36. The van der Waals surface area contributed by atoms with Crippen LogP contribution in [0.15, 0.2) is 66.7 Å². The highest BCUT2D eigenvalue weighted by atomic mass is 35.5. The number of anilines is 1. The van der Waals surface area contributed by atoms with Crippen LogP contribution in [0, 0.1) is 6.92 Å². The second-order valence-corrected chi connectivity index (χ2v) is 7.78. The van der Waals surface area contributed by atoms with Gasteiger partial charge in [0.1, 0.15) is 0 Å². The van der Waals surface area contributed by atoms with Gasteiger partial charge in [0.25, 0.3) is 5.91 Å². The predicted molar refractivity (Wildman–Crippen MR) is 126 cm³/mol. The fourth-order valence-electron chi connectivity index (χ4n) is 3.13. The molecule has 0 saturated heterocycles. The van der Waals surface area contributed by atoms with Gasteiger partial charge in [0.15, 0.2) is 18.1 Å². The van der Waals surface area contributed by atoms with Gasteiger partial charge >= 0.3 is 0 Å². The summed E-state index contributed by atoms with van der Waals surface area (Å²) in [4.78, 5) is 12.2. The molecule has 0 spiro atoms. The molecule has 3 N–H and O–H groups in total. The molecule has 0 saturated carbocycles. The van der Waals surface area contributed by atoms with E-state index in [0.29, 0.717) is 35.3 Å². The molecule has 1 unspecified atom stereocenters. The molecule has 0 aromatic heterocycles. The largest absolute Gasteiger partial charge is 0.493 e. The molecule has 0 bridgehead atoms. The van der Waals surface area contributed by atoms with Gasteiger partial charge in [-0.2, -0.15) is 0 Å². The van der Waals surface area contributed by atoms with E-state index in [9.17, 15) is 9.90 Å². The lowest BCUT2D eigenvalue weighted by Gasteiger charge is -2.16. The first-order valence-electron chi connectivity index (χ1n) is 10.3. The van der Waals surface area contributed by atoms with Gasteiger partial charge in [0.05, 0.1) is 18.2 Å². The summed E-state index contributed by atoms with van der Waals surface area (Å²) in [6.45, 7) is 2.65. The van der Waals surface area contributed by atoms with E-state index in [-0.39, 0.29) is 12.5 Å². The number of hydrogen-bond acceptors (Lipinski definition) is 5. The maximum atomic E-state index is 12.2. The Morgan fingerprint density at radius 1 is 1.09 bits per heavy atom. The monoisotopic (exact) mass is 454 g/mol. The summed E-state index contributed by atoms with van der Waals surface area (Å²) in [6.07, 6.45) is -0.608. The van der Waals surface area contributed by atoms with Gasteiger partial charge in [-0.3, -0.25) is 4.79 Å². The average molecular weight is 455 g/mol. The Morgan fingerprint density at radius 3 is 2.50 bits per heavy atom. The van der Waals surface area contributed by atoms with Crippen LogP contribution in [-0.2, 0) is 11.3 Å². The third kappa shape index (κ3) is 6.72. The molecule has 0 aliphatic rings. The minimum absolute atomic E-state index is 0.204. The summed E-state index contributed by atoms with van der Waals surface area (Å²) in [5.74, 6) is 0.440. The Kier molecular flexibility index (Phi) is 8.50. The Morgan fingerprint density at radius 2 is 1.81 bits per heavy atom. The van der Waals surface area contributed by atoms with Crippen LogP contribution < -0.4 is 20.1 Å². The normalized spacial score (nSPS) is 11.6. The highest BCUT2D eigenvalue weighted by molar-refractivity contribution is 6.32. The Hall–Kier alpha value is -3.06. The molecule has 7 heteroatoms. The zero-order valence-electron chi connectivity index (χ0n) is 18.1. The van der Waals surface area contributed by atoms with Crippen LogP contribution in [0.3, 0.4) is 0 Å². The Balaban J connectivity index is 1.55. The van der Waals surface area contributed by atoms with Crippen molar-refractivity contribution in [3.8, 4) is 11.5 Å². The van der Waals surface area contributed by atoms with Gasteiger partial charge in [-0.1, -0.05) is 59.6 Å². The van der Waals surface area contributed by atoms with Crippen molar-refractivity contribution in [1.29, 1.82) is 0 Å². The number of rotatable bonds is 10. The number of nitrogens with one attached hydrogen (secondary N) is 2. The van der Waals surface area contributed by atoms with E-state index in [1.54, 1.807) is 12.1 Å². The number of ether oxygens (including phenoxy) is 2. The van der Waals surface area contributed by atoms with Gasteiger partial charge in [-0.25, -0.2) is 0 Å². The lowest BCUT2D eigenvalue weighted by molar-refractivity contribution is -0.118. The zero-order valence-corrected chi connectivity index (χ0v) is 18.9. The van der Waals surface area contributed by atoms with Gasteiger partial charge < -0.3 is 25.2 Å². The van der Waals surface area contributed by atoms with Crippen LogP contribution in [0.5, 0.6) is 11.5 Å². The molecule has 3 aromatic rings. The van der Waals surface area contributed by atoms with E-state index in [2.05, 4.69) is 10.6 Å². The summed E-state index contributed by atoms with van der Waals surface area (Å²) in [5.41, 5.74) is 3.52. The lowest BCUT2D eigenvalue weighted by Crippen LogP contribution is -2.21. The predicted octanol–water partition coefficient (Wildman–Crippen LogP) is 4.50. The van der Waals surface area contributed by atoms with Gasteiger partial charge in [-0.15, -0.1) is 0 Å². The molecule has 0 heterocycles. The first kappa shape index (κ1) is 23.6. The van der Waals surface area contributed by atoms with E-state index in [4.69, 9.17) is 21.1 Å². The quantitative estimate of drug-likeness (QED) is 0.420. The smallest absolute Gasteiger partial charge is 0.262 e. The average Bonchev–Trinajstić information content (AvgIpc) is 2.80. The first-order chi connectivity index (χ1) is 15.5. The van der Waals surface area contributed by atoms with Crippen LogP contribution in [0.25, 0.3) is 0 Å². The maximum Gasteiger partial charge on any atom is 0.262 e. The van der Waals surface area contributed by atoms with E-state index in [1.165, 1.54) is 7.11 Å². The van der Waals surface area contributed by atoms with E-state index in [0.717, 1.165) is 16.7 Å². The molecule has 0 fully saturated rings. The van der Waals surface area contributed by atoms with Crippen LogP contribution in [-0.4, -0.2) is 31.3 Å². The minimum Gasteiger partial charge on any atom is -0.493 e. The van der Waals surface area contributed by atoms with E-state index >= 15 is 0 Å². The van der Waals surface area contributed by atoms with Gasteiger partial charge in [0.2, 0.25) is 0 Å². The third-order valence-corrected chi connectivity index (χ3v) is 5.10. The SMILES string of the molecule is COc1cc(CNCC(O)c2ccccc2)cc(Cl)c1OCC(=O)Nc1ccc(C)cc1. The molecule has 0 aliphatic carbocycles. The number of methoxy groups -OCH3 is 1. The molecule has 32 heavy (non-hydrogen) atoms. The van der Waals surface area contributed by atoms with Gasteiger partial charge in [-0.05, 0) is 42.3 Å². The standard InChI is InChI=1S/C25H27ClN2O4/c1-17-8-10-20(11-9-17)28-24(30)16-32-25-21(26)12-18(13-23(25)31-2)14-27-15-22(29)19-6-4-3-5-7-19/h3-13,22,27,29H,14-16H2,1-2H3,(H,28,30). The number of aryl methyl sites for hydroxylation is 1. The molecule has 1 atom stereocenters. The molecular weight excluding hydrogens is 428 g/mol.